The van der Waals surface area contributed by atoms with E-state index < -0.39 is 5.76 Å². The zero-order chi connectivity index (χ0) is 21.5. The molecule has 3 rings (SSSR count). The van der Waals surface area contributed by atoms with E-state index >= 15 is 0 Å². The number of ether oxygens (including phenoxy) is 2. The zero-order valence-corrected chi connectivity index (χ0v) is 18.2. The Bertz CT molecular complexity index is 1010. The summed E-state index contributed by atoms with van der Waals surface area (Å²) in [7, 11) is 3.09. The first-order chi connectivity index (χ1) is 14.6. The molecule has 1 aromatic heterocycles. The van der Waals surface area contributed by atoms with Crippen LogP contribution in [0.3, 0.4) is 0 Å². The summed E-state index contributed by atoms with van der Waals surface area (Å²) in [5.74, 6) is -0.0811. The van der Waals surface area contributed by atoms with E-state index in [0.29, 0.717) is 46.3 Å². The quantitative estimate of drug-likeness (QED) is 0.290. The minimum absolute atomic E-state index is 0.412. The topological polar surface area (TPSA) is 49.2 Å². The third-order valence-corrected chi connectivity index (χ3v) is 6.00. The minimum atomic E-state index is -2.50. The molecule has 0 saturated heterocycles. The Morgan fingerprint density at radius 1 is 1.10 bits per heavy atom. The Labute approximate surface area is 182 Å². The molecule has 0 aliphatic rings. The summed E-state index contributed by atoms with van der Waals surface area (Å²) >= 11 is 1.97. The number of hydrogen-bond donors (Lipinski definition) is 0. The molecule has 9 heteroatoms. The fourth-order valence-corrected chi connectivity index (χ4v) is 4.35. The molecule has 3 aromatic rings. The van der Waals surface area contributed by atoms with Gasteiger partial charge < -0.3 is 9.47 Å². The SMILES string of the molecule is C=CCn1c(SCc2ccc(SC(F)F)c(OC)c2)nnc1-c1ccccc1OC. The lowest BCUT2D eigenvalue weighted by Crippen LogP contribution is -2.02. The summed E-state index contributed by atoms with van der Waals surface area (Å²) in [5.41, 5.74) is 1.78. The molecule has 0 radical (unpaired) electrons. The molecular formula is C21H21F2N3O2S2. The standard InChI is InChI=1S/C21H21F2N3O2S2/c1-4-11-26-19(15-7-5-6-8-16(15)27-2)24-25-21(26)29-13-14-9-10-18(30-20(22)23)17(12-14)28-3/h4-10,12,20H,1,11,13H2,2-3H3. The first kappa shape index (κ1) is 22.2. The van der Waals surface area contributed by atoms with Crippen molar-refractivity contribution in [3.05, 3.63) is 60.7 Å². The average molecular weight is 450 g/mol. The van der Waals surface area contributed by atoms with Crippen molar-refractivity contribution in [2.75, 3.05) is 14.2 Å². The van der Waals surface area contributed by atoms with Gasteiger partial charge in [0.25, 0.3) is 5.76 Å². The third kappa shape index (κ3) is 5.14. The fraction of sp³-hybridized carbons (Fsp3) is 0.238. The number of alkyl halides is 2. The van der Waals surface area contributed by atoms with Gasteiger partial charge in [-0.25, -0.2) is 0 Å². The van der Waals surface area contributed by atoms with E-state index in [1.54, 1.807) is 25.3 Å². The molecule has 0 amide bonds. The van der Waals surface area contributed by atoms with Crippen molar-refractivity contribution >= 4 is 23.5 Å². The van der Waals surface area contributed by atoms with Gasteiger partial charge in [0.1, 0.15) is 11.5 Å². The van der Waals surface area contributed by atoms with Crippen molar-refractivity contribution in [3.63, 3.8) is 0 Å². The number of allylic oxidation sites excluding steroid dienone is 1. The number of rotatable bonds is 10. The Balaban J connectivity index is 1.84. The molecule has 0 aliphatic carbocycles. The highest BCUT2D eigenvalue weighted by Crippen LogP contribution is 2.36. The Morgan fingerprint density at radius 3 is 2.57 bits per heavy atom. The van der Waals surface area contributed by atoms with Crippen molar-refractivity contribution in [1.82, 2.24) is 14.8 Å². The second-order valence-electron chi connectivity index (χ2n) is 6.06. The maximum atomic E-state index is 12.7. The van der Waals surface area contributed by atoms with Crippen LogP contribution in [-0.4, -0.2) is 34.7 Å². The summed E-state index contributed by atoms with van der Waals surface area (Å²) in [5, 5.41) is 9.42. The van der Waals surface area contributed by atoms with Crippen LogP contribution in [0, 0.1) is 0 Å². The lowest BCUT2D eigenvalue weighted by Gasteiger charge is -2.11. The molecule has 0 unspecified atom stereocenters. The fourth-order valence-electron chi connectivity index (χ4n) is 2.86. The highest BCUT2D eigenvalue weighted by molar-refractivity contribution is 7.99. The second-order valence-corrected chi connectivity index (χ2v) is 8.03. The maximum absolute atomic E-state index is 12.7. The van der Waals surface area contributed by atoms with Crippen molar-refractivity contribution in [1.29, 1.82) is 0 Å². The molecular weight excluding hydrogens is 428 g/mol. The van der Waals surface area contributed by atoms with Gasteiger partial charge in [0.05, 0.1) is 24.7 Å². The average Bonchev–Trinajstić information content (AvgIpc) is 3.15. The second kappa shape index (κ2) is 10.5. The van der Waals surface area contributed by atoms with E-state index in [4.69, 9.17) is 9.47 Å². The molecule has 0 saturated carbocycles. The van der Waals surface area contributed by atoms with E-state index in [0.717, 1.165) is 16.3 Å². The van der Waals surface area contributed by atoms with Crippen LogP contribution < -0.4 is 9.47 Å². The molecule has 5 nitrogen and oxygen atoms in total. The van der Waals surface area contributed by atoms with Gasteiger partial charge in [-0.15, -0.1) is 16.8 Å². The van der Waals surface area contributed by atoms with Gasteiger partial charge in [-0.3, -0.25) is 4.57 Å². The van der Waals surface area contributed by atoms with Crippen LogP contribution in [0.4, 0.5) is 8.78 Å². The summed E-state index contributed by atoms with van der Waals surface area (Å²) in [6.07, 6.45) is 1.78. The summed E-state index contributed by atoms with van der Waals surface area (Å²) in [6, 6.07) is 12.9. The highest BCUT2D eigenvalue weighted by atomic mass is 32.2. The van der Waals surface area contributed by atoms with Crippen LogP contribution in [0.15, 0.2) is 65.2 Å². The van der Waals surface area contributed by atoms with E-state index in [1.165, 1.54) is 18.9 Å². The van der Waals surface area contributed by atoms with Crippen molar-refractivity contribution in [2.24, 2.45) is 0 Å². The van der Waals surface area contributed by atoms with Crippen molar-refractivity contribution in [3.8, 4) is 22.9 Å². The highest BCUT2D eigenvalue weighted by Gasteiger charge is 2.17. The van der Waals surface area contributed by atoms with Crippen LogP contribution in [0.25, 0.3) is 11.4 Å². The largest absolute Gasteiger partial charge is 0.496 e. The molecule has 0 spiro atoms. The van der Waals surface area contributed by atoms with Gasteiger partial charge in [0, 0.05) is 12.3 Å². The van der Waals surface area contributed by atoms with Crippen LogP contribution >= 0.6 is 23.5 Å². The first-order valence-electron chi connectivity index (χ1n) is 8.99. The third-order valence-electron chi connectivity index (χ3n) is 4.19. The Morgan fingerprint density at radius 2 is 1.87 bits per heavy atom. The molecule has 30 heavy (non-hydrogen) atoms. The van der Waals surface area contributed by atoms with Crippen LogP contribution in [0.2, 0.25) is 0 Å². The molecule has 0 N–H and O–H groups in total. The van der Waals surface area contributed by atoms with Gasteiger partial charge in [0.2, 0.25) is 0 Å². The Kier molecular flexibility index (Phi) is 7.75. The normalized spacial score (nSPS) is 11.0. The summed E-state index contributed by atoms with van der Waals surface area (Å²) in [6.45, 7) is 4.37. The number of methoxy groups -OCH3 is 2. The monoisotopic (exact) mass is 449 g/mol. The number of hydrogen-bond acceptors (Lipinski definition) is 6. The van der Waals surface area contributed by atoms with Crippen LogP contribution in [-0.2, 0) is 12.3 Å². The van der Waals surface area contributed by atoms with Gasteiger partial charge in [-0.2, -0.15) is 8.78 Å². The van der Waals surface area contributed by atoms with E-state index in [2.05, 4.69) is 16.8 Å². The van der Waals surface area contributed by atoms with E-state index in [9.17, 15) is 8.78 Å². The number of halogens is 2. The lowest BCUT2D eigenvalue weighted by molar-refractivity contribution is 0.251. The summed E-state index contributed by atoms with van der Waals surface area (Å²) in [4.78, 5) is 0.412. The minimum Gasteiger partial charge on any atom is -0.496 e. The van der Waals surface area contributed by atoms with Gasteiger partial charge >= 0.3 is 0 Å². The molecule has 1 heterocycles. The molecule has 0 atom stereocenters. The van der Waals surface area contributed by atoms with Crippen molar-refractivity contribution < 1.29 is 18.3 Å². The van der Waals surface area contributed by atoms with Crippen LogP contribution in [0.5, 0.6) is 11.5 Å². The van der Waals surface area contributed by atoms with Crippen molar-refractivity contribution in [2.45, 2.75) is 28.1 Å². The molecule has 2 aromatic carbocycles. The number of aromatic nitrogens is 3. The van der Waals surface area contributed by atoms with Gasteiger partial charge in [-0.05, 0) is 29.8 Å². The maximum Gasteiger partial charge on any atom is 0.289 e. The zero-order valence-electron chi connectivity index (χ0n) is 16.5. The summed E-state index contributed by atoms with van der Waals surface area (Å²) < 4.78 is 38.1. The van der Waals surface area contributed by atoms with E-state index in [-0.39, 0.29) is 0 Å². The predicted octanol–water partition coefficient (Wildman–Crippen LogP) is 5.76. The number of benzene rings is 2. The van der Waals surface area contributed by atoms with Gasteiger partial charge in [0.15, 0.2) is 11.0 Å². The molecule has 0 bridgehead atoms. The lowest BCUT2D eigenvalue weighted by atomic mass is 10.2. The predicted molar refractivity (Wildman–Crippen MR) is 117 cm³/mol. The number of thioether (sulfide) groups is 2. The number of para-hydroxylation sites is 1. The van der Waals surface area contributed by atoms with E-state index in [1.807, 2.05) is 34.9 Å². The first-order valence-corrected chi connectivity index (χ1v) is 10.9. The molecule has 158 valence electrons. The molecule has 0 fully saturated rings. The van der Waals surface area contributed by atoms with Crippen LogP contribution in [0.1, 0.15) is 5.56 Å². The number of nitrogens with zero attached hydrogens (tertiary/aromatic N) is 3. The van der Waals surface area contributed by atoms with Gasteiger partial charge in [-0.1, -0.05) is 47.8 Å². The smallest absolute Gasteiger partial charge is 0.289 e. The Hall–Kier alpha value is -2.52. The molecule has 0 aliphatic heterocycles.